The van der Waals surface area contributed by atoms with E-state index in [1.807, 2.05) is 73.3 Å². The van der Waals surface area contributed by atoms with Crippen LogP contribution in [0.4, 0.5) is 10.5 Å². The number of phenolic OH excluding ortho intramolecular Hbond substituents is 1. The molecule has 0 spiro atoms. The van der Waals surface area contributed by atoms with Crippen molar-refractivity contribution in [2.24, 2.45) is 11.8 Å². The van der Waals surface area contributed by atoms with Crippen molar-refractivity contribution in [2.45, 2.75) is 64.3 Å². The van der Waals surface area contributed by atoms with E-state index in [1.54, 1.807) is 12.1 Å². The summed E-state index contributed by atoms with van der Waals surface area (Å²) in [5, 5.41) is 27.8. The number of ether oxygens (including phenoxy) is 2. The molecule has 2 heterocycles. The summed E-state index contributed by atoms with van der Waals surface area (Å²) in [5.74, 6) is 0.994. The van der Waals surface area contributed by atoms with Gasteiger partial charge in [-0.1, -0.05) is 78.9 Å². The van der Waals surface area contributed by atoms with E-state index in [-0.39, 0.29) is 42.3 Å². The van der Waals surface area contributed by atoms with Gasteiger partial charge in [0, 0.05) is 62.3 Å². The molecule has 1 aromatic heterocycles. The number of carbonyl (C=O) groups is 2. The maximum absolute atomic E-state index is 13.1. The zero-order valence-corrected chi connectivity index (χ0v) is 34.5. The van der Waals surface area contributed by atoms with E-state index in [9.17, 15) is 24.6 Å². The van der Waals surface area contributed by atoms with Gasteiger partial charge in [-0.15, -0.1) is 0 Å². The quantitative estimate of drug-likeness (QED) is 0.0596. The van der Waals surface area contributed by atoms with Crippen LogP contribution in [0, 0.1) is 11.8 Å². The van der Waals surface area contributed by atoms with Gasteiger partial charge in [0.1, 0.15) is 11.9 Å². The second-order valence-electron chi connectivity index (χ2n) is 16.4. The van der Waals surface area contributed by atoms with Crippen molar-refractivity contribution >= 4 is 28.6 Å². The van der Waals surface area contributed by atoms with Gasteiger partial charge in [0.25, 0.3) is 0 Å². The zero-order valence-electron chi connectivity index (χ0n) is 34.5. The molecule has 12 nitrogen and oxygen atoms in total. The molecule has 2 amide bonds. The first kappa shape index (κ1) is 42.6. The number of carbonyl (C=O) groups excluding carboxylic acids is 2. The normalized spacial score (nSPS) is 18.1. The van der Waals surface area contributed by atoms with Gasteiger partial charge in [0.15, 0.2) is 0 Å². The molecule has 2 unspecified atom stereocenters. The van der Waals surface area contributed by atoms with E-state index in [4.69, 9.17) is 9.47 Å². The number of nitrogens with one attached hydrogen (secondary N) is 3. The molecule has 2 aliphatic rings. The number of amides is 2. The molecule has 2 fully saturated rings. The number of H-pyrrole nitrogens is 1. The fourth-order valence-electron chi connectivity index (χ4n) is 8.82. The second-order valence-corrected chi connectivity index (χ2v) is 16.4. The van der Waals surface area contributed by atoms with E-state index < -0.39 is 12.2 Å². The van der Waals surface area contributed by atoms with E-state index in [0.29, 0.717) is 54.6 Å². The number of hydrogen-bond acceptors (Lipinski definition) is 9. The molecular formula is C48H57N5O7. The molecule has 316 valence electrons. The molecule has 5 N–H and O–H groups in total. The van der Waals surface area contributed by atoms with Gasteiger partial charge in [0.05, 0.1) is 36.9 Å². The first-order valence-corrected chi connectivity index (χ1v) is 21.1. The lowest BCUT2D eigenvalue weighted by Crippen LogP contribution is -2.42. The fourth-order valence-corrected chi connectivity index (χ4v) is 8.82. The number of rotatable bonds is 18. The van der Waals surface area contributed by atoms with Crippen LogP contribution in [0.1, 0.15) is 55.9 Å². The van der Waals surface area contributed by atoms with Gasteiger partial charge in [-0.05, 0) is 85.4 Å². The zero-order chi connectivity index (χ0) is 42.0. The van der Waals surface area contributed by atoms with Crippen molar-refractivity contribution in [3.05, 3.63) is 130 Å². The van der Waals surface area contributed by atoms with Crippen LogP contribution in [0.2, 0.25) is 0 Å². The molecule has 1 saturated heterocycles. The summed E-state index contributed by atoms with van der Waals surface area (Å²) < 4.78 is 11.9. The number of pyridine rings is 1. The van der Waals surface area contributed by atoms with Crippen LogP contribution in [0.5, 0.6) is 5.75 Å². The number of aromatic amines is 1. The third-order valence-corrected chi connectivity index (χ3v) is 11.8. The molecule has 1 saturated carbocycles. The minimum Gasteiger partial charge on any atom is -0.506 e. The number of aliphatic hydroxyl groups excluding tert-OH is 1. The van der Waals surface area contributed by atoms with E-state index >= 15 is 0 Å². The van der Waals surface area contributed by atoms with Gasteiger partial charge < -0.3 is 34.9 Å². The number of fused-ring (bicyclic) bond motifs is 2. The van der Waals surface area contributed by atoms with Crippen molar-refractivity contribution in [1.29, 1.82) is 0 Å². The van der Waals surface area contributed by atoms with Crippen molar-refractivity contribution in [1.82, 2.24) is 20.1 Å². The van der Waals surface area contributed by atoms with Crippen LogP contribution >= 0.6 is 0 Å². The predicted molar refractivity (Wildman–Crippen MR) is 234 cm³/mol. The average Bonchev–Trinajstić information content (AvgIpc) is 3.79. The van der Waals surface area contributed by atoms with Crippen molar-refractivity contribution in [2.75, 3.05) is 51.3 Å². The lowest BCUT2D eigenvalue weighted by Gasteiger charge is -2.27. The summed E-state index contributed by atoms with van der Waals surface area (Å²) in [6.45, 7) is 8.93. The Morgan fingerprint density at radius 3 is 2.43 bits per heavy atom. The Morgan fingerprint density at radius 1 is 0.900 bits per heavy atom. The monoisotopic (exact) mass is 815 g/mol. The molecule has 0 radical (unpaired) electrons. The number of para-hydroxylation sites is 1. The molecule has 1 aliphatic heterocycles. The summed E-state index contributed by atoms with van der Waals surface area (Å²) in [4.78, 5) is 44.8. The fraction of sp³-hybridized carbons (Fsp3) is 0.396. The summed E-state index contributed by atoms with van der Waals surface area (Å²) in [7, 11) is 0. The predicted octanol–water partition coefficient (Wildman–Crippen LogP) is 6.87. The minimum absolute atomic E-state index is 0.00962. The van der Waals surface area contributed by atoms with Crippen molar-refractivity contribution in [3.63, 3.8) is 0 Å². The highest BCUT2D eigenvalue weighted by molar-refractivity contribution is 5.91. The second kappa shape index (κ2) is 20.2. The topological polar surface area (TPSA) is 156 Å². The van der Waals surface area contributed by atoms with Gasteiger partial charge in [0.2, 0.25) is 11.5 Å². The van der Waals surface area contributed by atoms with Crippen LogP contribution in [-0.4, -0.2) is 95.1 Å². The highest BCUT2D eigenvalue weighted by Gasteiger charge is 2.42. The van der Waals surface area contributed by atoms with E-state index in [0.717, 1.165) is 55.7 Å². The number of likely N-dealkylation sites (tertiary alicyclic amines) is 1. The van der Waals surface area contributed by atoms with Crippen LogP contribution in [0.3, 0.4) is 0 Å². The molecule has 4 aromatic carbocycles. The van der Waals surface area contributed by atoms with Crippen LogP contribution in [0.25, 0.3) is 22.0 Å². The highest BCUT2D eigenvalue weighted by atomic mass is 16.6. The van der Waals surface area contributed by atoms with Gasteiger partial charge >= 0.3 is 6.09 Å². The van der Waals surface area contributed by atoms with E-state index in [1.165, 1.54) is 23.3 Å². The molecule has 12 heteroatoms. The maximum Gasteiger partial charge on any atom is 0.411 e. The molecule has 5 aromatic rings. The average molecular weight is 816 g/mol. The van der Waals surface area contributed by atoms with E-state index in [2.05, 4.69) is 44.8 Å². The molecular weight excluding hydrogens is 759 g/mol. The minimum atomic E-state index is -0.872. The number of benzene rings is 4. The number of aromatic nitrogens is 1. The number of aromatic hydroxyl groups is 1. The third kappa shape index (κ3) is 11.0. The van der Waals surface area contributed by atoms with Crippen molar-refractivity contribution < 1.29 is 29.3 Å². The first-order chi connectivity index (χ1) is 29.1. The Hall–Kier alpha value is -5.53. The number of anilines is 1. The molecule has 4 atom stereocenters. The lowest BCUT2D eigenvalue weighted by atomic mass is 10.0. The van der Waals surface area contributed by atoms with Gasteiger partial charge in [-0.25, -0.2) is 4.79 Å². The summed E-state index contributed by atoms with van der Waals surface area (Å²) >= 11 is 0. The number of aliphatic hydroxyl groups is 1. The Kier molecular flexibility index (Phi) is 14.3. The number of hydrogen-bond donors (Lipinski definition) is 5. The van der Waals surface area contributed by atoms with Crippen LogP contribution in [-0.2, 0) is 27.2 Å². The summed E-state index contributed by atoms with van der Waals surface area (Å²) in [5.41, 5.74) is 5.79. The van der Waals surface area contributed by atoms with Crippen molar-refractivity contribution in [3.8, 4) is 16.9 Å². The Bertz CT molecular complexity index is 2270. The molecule has 7 rings (SSSR count). The number of phenols is 1. The third-order valence-electron chi connectivity index (χ3n) is 11.8. The van der Waals surface area contributed by atoms with Crippen LogP contribution in [0.15, 0.2) is 108 Å². The summed E-state index contributed by atoms with van der Waals surface area (Å²) in [6.07, 6.45) is 1.48. The first-order valence-electron chi connectivity index (χ1n) is 21.1. The van der Waals surface area contributed by atoms with Crippen LogP contribution < -0.4 is 16.2 Å². The van der Waals surface area contributed by atoms with Gasteiger partial charge in [-0.2, -0.15) is 0 Å². The Morgan fingerprint density at radius 2 is 1.65 bits per heavy atom. The Labute approximate surface area is 351 Å². The molecule has 60 heavy (non-hydrogen) atoms. The largest absolute Gasteiger partial charge is 0.506 e. The smallest absolute Gasteiger partial charge is 0.411 e. The molecule has 0 bridgehead atoms. The summed E-state index contributed by atoms with van der Waals surface area (Å²) in [6, 6.07) is 32.6. The molecule has 1 aliphatic carbocycles. The number of nitrogens with zero attached hydrogens (tertiary/aromatic N) is 2. The maximum atomic E-state index is 13.1. The Balaban J connectivity index is 0.782. The van der Waals surface area contributed by atoms with Gasteiger partial charge in [-0.3, -0.25) is 19.8 Å². The SMILES string of the molecule is CC(C)N(CCNC[C@H](O)c1ccc(O)c2[nH]c(=O)ccc12)C(=O)CCOCCc1cccc(CN2CC3CC(OC(=O)Nc4ccccc4-c4ccccc4)C[C@H]3C2)c1. The lowest BCUT2D eigenvalue weighted by molar-refractivity contribution is -0.134. The standard InChI is InChI=1S/C48H57N5O7/c1-32(2)53(22-21-49-28-44(55)40-15-17-43(54)47-41(40)16-18-45(56)51-47)46(57)20-24-59-23-19-33-9-8-10-34(25-33)29-52-30-36-26-38(27-37(36)31-52)60-48(58)50-42-14-7-6-13-39(42)35-11-4-3-5-12-35/h3-18,25,32,36-38,44,49,54-55H,19-24,26-31H2,1-2H3,(H,50,58)(H,51,56)/t36-,37?,38?,44-/m0/s1. The highest BCUT2D eigenvalue weighted by Crippen LogP contribution is 2.40.